The van der Waals surface area contributed by atoms with Crippen molar-refractivity contribution >= 4 is 46.4 Å². The van der Waals surface area contributed by atoms with Gasteiger partial charge in [0.2, 0.25) is 0 Å². The zero-order chi connectivity index (χ0) is 31.1. The Morgan fingerprint density at radius 2 is 0.396 bits per heavy atom. The van der Waals surface area contributed by atoms with E-state index in [9.17, 15) is 0 Å². The average Bonchev–Trinajstić information content (AvgIpc) is 3.16. The summed E-state index contributed by atoms with van der Waals surface area (Å²) in [5.41, 5.74) is 2.74. The van der Waals surface area contributed by atoms with Gasteiger partial charge in [0.05, 0.1) is 12.3 Å². The third-order valence-corrected chi connectivity index (χ3v) is 17.8. The number of rotatable bonds is 10. The van der Waals surface area contributed by atoms with E-state index in [0.717, 1.165) is 12.3 Å². The molecule has 0 fully saturated rings. The van der Waals surface area contributed by atoms with Crippen LogP contribution in [0.1, 0.15) is 11.1 Å². The van der Waals surface area contributed by atoms with Gasteiger partial charge in [-0.1, -0.05) is 133 Å². The first-order valence-electron chi connectivity index (χ1n) is 16.0. The van der Waals surface area contributed by atoms with Crippen molar-refractivity contribution in [1.29, 1.82) is 0 Å². The molecule has 48 heavy (non-hydrogen) atoms. The zero-order valence-electron chi connectivity index (χ0n) is 26.7. The van der Waals surface area contributed by atoms with Gasteiger partial charge in [0.1, 0.15) is 46.4 Å². The van der Waals surface area contributed by atoms with E-state index >= 15 is 0 Å². The standard InChI is InChI=1S/C44H38P2.2BrH/c1-7-19-39(20-8-1)45(40-21-9-2-10-22-40,41-23-11-3-12-24-41)35-37-31-33-38(34-32-37)36-46(42-25-13-4-14-26-42,43-27-15-5-16-28-43)44-29-17-6-18-30-44;;/h1-34H,35-36H2;2*1H/q+2;;/p-2. The lowest BCUT2D eigenvalue weighted by Gasteiger charge is -2.29. The third kappa shape index (κ3) is 7.19. The highest BCUT2D eigenvalue weighted by Gasteiger charge is 2.47. The fraction of sp³-hybridized carbons (Fsp3) is 0.0455. The molecule has 0 radical (unpaired) electrons. The van der Waals surface area contributed by atoms with Gasteiger partial charge in [-0.25, -0.2) is 0 Å². The molecule has 0 aliphatic carbocycles. The summed E-state index contributed by atoms with van der Waals surface area (Å²) in [5.74, 6) is 0. The highest BCUT2D eigenvalue weighted by Crippen LogP contribution is 2.59. The number of hydrogen-bond acceptors (Lipinski definition) is 0. The minimum absolute atomic E-state index is 0. The van der Waals surface area contributed by atoms with Crippen molar-refractivity contribution in [3.8, 4) is 0 Å². The summed E-state index contributed by atoms with van der Waals surface area (Å²) in [6, 6.07) is 76.7. The first-order valence-corrected chi connectivity index (χ1v) is 19.9. The predicted molar refractivity (Wildman–Crippen MR) is 204 cm³/mol. The van der Waals surface area contributed by atoms with Crippen LogP contribution in [0, 0.1) is 0 Å². The number of benzene rings is 7. The van der Waals surface area contributed by atoms with Crippen molar-refractivity contribution in [3.63, 3.8) is 0 Å². The van der Waals surface area contributed by atoms with Crippen LogP contribution in [-0.2, 0) is 12.3 Å². The van der Waals surface area contributed by atoms with Crippen molar-refractivity contribution in [1.82, 2.24) is 0 Å². The summed E-state index contributed by atoms with van der Waals surface area (Å²) in [7, 11) is -3.94. The summed E-state index contributed by atoms with van der Waals surface area (Å²) in [6.07, 6.45) is 1.95. The lowest BCUT2D eigenvalue weighted by Crippen LogP contribution is -3.00. The van der Waals surface area contributed by atoms with Crippen LogP contribution < -0.4 is 65.8 Å². The van der Waals surface area contributed by atoms with E-state index in [1.807, 2.05) is 0 Å². The van der Waals surface area contributed by atoms with Gasteiger partial charge in [0.15, 0.2) is 0 Å². The average molecular weight is 789 g/mol. The van der Waals surface area contributed by atoms with E-state index < -0.39 is 14.5 Å². The maximum Gasteiger partial charge on any atom is 0.116 e. The number of hydrogen-bond donors (Lipinski definition) is 0. The van der Waals surface area contributed by atoms with Crippen LogP contribution >= 0.6 is 14.5 Å². The SMILES string of the molecule is [Br-].[Br-].c1ccc([P+](Cc2ccc(C[P+](c3ccccc3)(c3ccccc3)c3ccccc3)cc2)(c2ccccc2)c2ccccc2)cc1. The molecule has 0 N–H and O–H groups in total. The Bertz CT molecular complexity index is 1610. The second-order valence-corrected chi connectivity index (χ2v) is 18.7. The first-order chi connectivity index (χ1) is 22.8. The Labute approximate surface area is 308 Å². The van der Waals surface area contributed by atoms with Crippen LogP contribution in [-0.4, -0.2) is 0 Å². The highest BCUT2D eigenvalue weighted by molar-refractivity contribution is 7.95. The number of halogens is 2. The molecule has 0 aliphatic heterocycles. The van der Waals surface area contributed by atoms with E-state index in [1.54, 1.807) is 0 Å². The minimum Gasteiger partial charge on any atom is -1.00 e. The molecule has 0 saturated carbocycles. The maximum absolute atomic E-state index is 2.40. The quantitative estimate of drug-likeness (QED) is 0.187. The molecule has 4 heteroatoms. The fourth-order valence-electron chi connectivity index (χ4n) is 6.83. The second-order valence-electron chi connectivity index (χ2n) is 11.8. The van der Waals surface area contributed by atoms with Gasteiger partial charge in [0.25, 0.3) is 0 Å². The Morgan fingerprint density at radius 3 is 0.562 bits per heavy atom. The van der Waals surface area contributed by atoms with Crippen LogP contribution in [0.15, 0.2) is 206 Å². The van der Waals surface area contributed by atoms with Gasteiger partial charge in [0, 0.05) is 0 Å². The Kier molecular flexibility index (Phi) is 12.4. The van der Waals surface area contributed by atoms with Gasteiger partial charge in [-0.2, -0.15) is 0 Å². The molecule has 0 atom stereocenters. The summed E-state index contributed by atoms with van der Waals surface area (Å²) < 4.78 is 0. The first kappa shape index (κ1) is 35.7. The minimum atomic E-state index is -1.97. The van der Waals surface area contributed by atoms with E-state index in [-0.39, 0.29) is 34.0 Å². The molecule has 0 bridgehead atoms. The topological polar surface area (TPSA) is 0 Å². The fourth-order valence-corrected chi connectivity index (χ4v) is 15.3. The molecule has 238 valence electrons. The highest BCUT2D eigenvalue weighted by atomic mass is 79.9. The second kappa shape index (κ2) is 16.6. The van der Waals surface area contributed by atoms with Crippen LogP contribution in [0.2, 0.25) is 0 Å². The monoisotopic (exact) mass is 786 g/mol. The maximum atomic E-state index is 2.40. The molecular weight excluding hydrogens is 750 g/mol. The summed E-state index contributed by atoms with van der Waals surface area (Å²) in [5, 5.41) is 8.49. The Hall–Kier alpha value is -3.64. The molecule has 7 aromatic carbocycles. The lowest BCUT2D eigenvalue weighted by atomic mass is 10.2. The molecule has 7 rings (SSSR count). The normalized spacial score (nSPS) is 11.2. The van der Waals surface area contributed by atoms with Gasteiger partial charge in [-0.05, 0) is 83.9 Å². The summed E-state index contributed by atoms with van der Waals surface area (Å²) in [4.78, 5) is 0. The lowest BCUT2D eigenvalue weighted by molar-refractivity contribution is -0.001000. The van der Waals surface area contributed by atoms with E-state index in [4.69, 9.17) is 0 Å². The smallest absolute Gasteiger partial charge is 0.116 e. The summed E-state index contributed by atoms with van der Waals surface area (Å²) in [6.45, 7) is 0. The van der Waals surface area contributed by atoms with E-state index in [1.165, 1.54) is 43.0 Å². The van der Waals surface area contributed by atoms with Gasteiger partial charge < -0.3 is 34.0 Å². The Morgan fingerprint density at radius 1 is 0.229 bits per heavy atom. The van der Waals surface area contributed by atoms with Crippen molar-refractivity contribution in [2.75, 3.05) is 0 Å². The molecule has 0 nitrogen and oxygen atoms in total. The molecule has 0 aromatic heterocycles. The van der Waals surface area contributed by atoms with Gasteiger partial charge >= 0.3 is 0 Å². The molecule has 0 spiro atoms. The van der Waals surface area contributed by atoms with Crippen LogP contribution in [0.3, 0.4) is 0 Å². The Balaban J connectivity index is 0.00000225. The van der Waals surface area contributed by atoms with Crippen LogP contribution in [0.5, 0.6) is 0 Å². The molecule has 0 aliphatic rings. The molecule has 0 heterocycles. The molecular formula is C44H38Br2P2. The van der Waals surface area contributed by atoms with E-state index in [2.05, 4.69) is 206 Å². The van der Waals surface area contributed by atoms with Crippen molar-refractivity contribution in [2.24, 2.45) is 0 Å². The summed E-state index contributed by atoms with van der Waals surface area (Å²) >= 11 is 0. The van der Waals surface area contributed by atoms with Crippen molar-refractivity contribution < 1.29 is 34.0 Å². The molecule has 7 aromatic rings. The van der Waals surface area contributed by atoms with E-state index in [0.29, 0.717) is 0 Å². The third-order valence-electron chi connectivity index (χ3n) is 9.04. The zero-order valence-corrected chi connectivity index (χ0v) is 31.7. The van der Waals surface area contributed by atoms with Crippen LogP contribution in [0.4, 0.5) is 0 Å². The van der Waals surface area contributed by atoms with Gasteiger partial charge in [-0.15, -0.1) is 0 Å². The largest absolute Gasteiger partial charge is 1.00 e. The molecule has 0 amide bonds. The van der Waals surface area contributed by atoms with Crippen LogP contribution in [0.25, 0.3) is 0 Å². The van der Waals surface area contributed by atoms with Crippen molar-refractivity contribution in [3.05, 3.63) is 217 Å². The molecule has 0 unspecified atom stereocenters. The predicted octanol–water partition coefficient (Wildman–Crippen LogP) is 2.68. The van der Waals surface area contributed by atoms with Crippen molar-refractivity contribution in [2.45, 2.75) is 12.3 Å². The molecule has 0 saturated heterocycles. The van der Waals surface area contributed by atoms with Gasteiger partial charge in [-0.3, -0.25) is 0 Å².